The van der Waals surface area contributed by atoms with Crippen LogP contribution in [-0.2, 0) is 12.0 Å². The molecule has 0 aliphatic carbocycles. The zero-order valence-electron chi connectivity index (χ0n) is 23.8. The summed E-state index contributed by atoms with van der Waals surface area (Å²) in [5, 5.41) is 18.7. The summed E-state index contributed by atoms with van der Waals surface area (Å²) in [7, 11) is 0. The van der Waals surface area contributed by atoms with Gasteiger partial charge in [-0.2, -0.15) is 0 Å². The van der Waals surface area contributed by atoms with Crippen molar-refractivity contribution in [2.45, 2.75) is 84.8 Å². The van der Waals surface area contributed by atoms with Crippen molar-refractivity contribution in [1.82, 2.24) is 19.7 Å². The number of aliphatic hydroxyl groups is 1. The van der Waals surface area contributed by atoms with Crippen molar-refractivity contribution in [3.05, 3.63) is 82.7 Å². The van der Waals surface area contributed by atoms with Gasteiger partial charge in [-0.25, -0.2) is 4.79 Å². The molecule has 0 atom stereocenters. The Labute approximate surface area is 230 Å². The van der Waals surface area contributed by atoms with E-state index in [0.29, 0.717) is 36.1 Å². The Kier molecular flexibility index (Phi) is 8.27. The molecule has 0 radical (unpaired) electrons. The van der Waals surface area contributed by atoms with Crippen molar-refractivity contribution in [3.63, 3.8) is 0 Å². The Morgan fingerprint density at radius 1 is 0.974 bits per heavy atom. The van der Waals surface area contributed by atoms with Gasteiger partial charge in [-0.15, -0.1) is 5.10 Å². The van der Waals surface area contributed by atoms with Crippen LogP contribution in [0.2, 0.25) is 0 Å². The Balaban J connectivity index is 1.71. The van der Waals surface area contributed by atoms with E-state index in [9.17, 15) is 9.90 Å². The minimum atomic E-state index is -0.965. The van der Waals surface area contributed by atoms with Gasteiger partial charge in [0.25, 0.3) is 0 Å². The average Bonchev–Trinajstić information content (AvgIpc) is 3.58. The first-order chi connectivity index (χ1) is 18.8. The maximum absolute atomic E-state index is 13.3. The fourth-order valence-corrected chi connectivity index (χ4v) is 5.32. The Hall–Kier alpha value is -3.89. The van der Waals surface area contributed by atoms with Gasteiger partial charge in [0.05, 0.1) is 0 Å². The van der Waals surface area contributed by atoms with Gasteiger partial charge in [-0.3, -0.25) is 0 Å². The van der Waals surface area contributed by atoms with Crippen molar-refractivity contribution in [1.29, 1.82) is 0 Å². The summed E-state index contributed by atoms with van der Waals surface area (Å²) in [4.78, 5) is 20.2. The van der Waals surface area contributed by atoms with Gasteiger partial charge < -0.3 is 14.5 Å². The molecule has 7 heteroatoms. The van der Waals surface area contributed by atoms with E-state index in [-0.39, 0.29) is 5.41 Å². The van der Waals surface area contributed by atoms with Crippen LogP contribution >= 0.6 is 0 Å². The third-order valence-corrected chi connectivity index (χ3v) is 8.07. The van der Waals surface area contributed by atoms with Gasteiger partial charge in [0.2, 0.25) is 0 Å². The number of aryl methyl sites for hydroxylation is 1. The van der Waals surface area contributed by atoms with Crippen LogP contribution in [0.25, 0.3) is 11.0 Å². The number of hydrogen-bond acceptors (Lipinski definition) is 5. The lowest BCUT2D eigenvalue weighted by molar-refractivity contribution is 0.0395. The van der Waals surface area contributed by atoms with E-state index >= 15 is 0 Å². The normalized spacial score (nSPS) is 11.9. The van der Waals surface area contributed by atoms with E-state index in [0.717, 1.165) is 29.7 Å². The monoisotopic (exact) mass is 526 g/mol. The highest BCUT2D eigenvalue weighted by Gasteiger charge is 2.35. The molecule has 7 nitrogen and oxygen atoms in total. The molecule has 0 aliphatic heterocycles. The van der Waals surface area contributed by atoms with Gasteiger partial charge in [0, 0.05) is 23.2 Å². The molecule has 2 aromatic heterocycles. The number of rotatable bonds is 9. The van der Waals surface area contributed by atoms with Gasteiger partial charge in [-0.05, 0) is 86.2 Å². The van der Waals surface area contributed by atoms with Gasteiger partial charge in [0.15, 0.2) is 0 Å². The van der Waals surface area contributed by atoms with Crippen molar-refractivity contribution < 1.29 is 14.7 Å². The number of carbonyl (C=O) groups is 1. The average molecular weight is 527 g/mol. The molecule has 4 rings (SSSR count). The molecule has 2 aromatic carbocycles. The number of carbonyl (C=O) groups excluding carboxylic acids is 1. The molecule has 0 unspecified atom stereocenters. The van der Waals surface area contributed by atoms with Crippen LogP contribution in [0, 0.1) is 18.8 Å². The van der Waals surface area contributed by atoms with Gasteiger partial charge in [0.1, 0.15) is 22.3 Å². The SMILES string of the molecule is CCn1c(C(=O)On2nnc3ccccc32)ccc1C(CC)(CC)c1ccc(C#CC(O)(CC)CC)c(C)c1. The molecule has 0 amide bonds. The van der Waals surface area contributed by atoms with E-state index in [4.69, 9.17) is 4.84 Å². The molecular weight excluding hydrogens is 488 g/mol. The van der Waals surface area contributed by atoms with Crippen molar-refractivity contribution in [3.8, 4) is 11.8 Å². The predicted octanol–water partition coefficient (Wildman–Crippen LogP) is 5.84. The molecule has 0 saturated carbocycles. The maximum atomic E-state index is 13.3. The van der Waals surface area contributed by atoms with Crippen LogP contribution in [0.3, 0.4) is 0 Å². The first-order valence-corrected chi connectivity index (χ1v) is 13.9. The number of aromatic nitrogens is 4. The molecule has 0 fully saturated rings. The summed E-state index contributed by atoms with van der Waals surface area (Å²) in [6, 6.07) is 17.6. The van der Waals surface area contributed by atoms with Crippen molar-refractivity contribution >= 4 is 17.0 Å². The van der Waals surface area contributed by atoms with E-state index in [2.05, 4.69) is 55.1 Å². The summed E-state index contributed by atoms with van der Waals surface area (Å²) in [5.41, 5.74) is 4.70. The lowest BCUT2D eigenvalue weighted by Gasteiger charge is -2.34. The molecule has 1 N–H and O–H groups in total. The zero-order chi connectivity index (χ0) is 28.2. The number of benzene rings is 2. The molecule has 0 aliphatic rings. The van der Waals surface area contributed by atoms with Crippen LogP contribution in [0.5, 0.6) is 0 Å². The van der Waals surface area contributed by atoms with Crippen molar-refractivity contribution in [2.75, 3.05) is 0 Å². The number of fused-ring (bicyclic) bond motifs is 1. The summed E-state index contributed by atoms with van der Waals surface area (Å²) in [6.07, 6.45) is 2.89. The topological polar surface area (TPSA) is 82.2 Å². The second kappa shape index (κ2) is 11.5. The largest absolute Gasteiger partial charge is 0.382 e. The molecular formula is C32H38N4O3. The lowest BCUT2D eigenvalue weighted by Crippen LogP contribution is -2.31. The van der Waals surface area contributed by atoms with Crippen LogP contribution in [0.4, 0.5) is 0 Å². The highest BCUT2D eigenvalue weighted by molar-refractivity contribution is 5.89. The summed E-state index contributed by atoms with van der Waals surface area (Å²) < 4.78 is 2.04. The molecule has 2 heterocycles. The summed E-state index contributed by atoms with van der Waals surface area (Å²) >= 11 is 0. The van der Waals surface area contributed by atoms with Crippen LogP contribution < -0.4 is 4.84 Å². The molecule has 204 valence electrons. The minimum Gasteiger partial charge on any atom is -0.378 e. The molecule has 0 saturated heterocycles. The third kappa shape index (κ3) is 5.22. The Morgan fingerprint density at radius 2 is 1.69 bits per heavy atom. The zero-order valence-corrected chi connectivity index (χ0v) is 23.8. The minimum absolute atomic E-state index is 0.307. The quantitative estimate of drug-likeness (QED) is 0.219. The van der Waals surface area contributed by atoms with Crippen LogP contribution in [-0.4, -0.2) is 36.4 Å². The second-order valence-corrected chi connectivity index (χ2v) is 9.99. The number of hydrogen-bond donors (Lipinski definition) is 1. The summed E-state index contributed by atoms with van der Waals surface area (Å²) in [5.74, 6) is 5.79. The summed E-state index contributed by atoms with van der Waals surface area (Å²) in [6.45, 7) is 13.0. The Bertz CT molecular complexity index is 1530. The van der Waals surface area contributed by atoms with Gasteiger partial charge in [-0.1, -0.05) is 68.6 Å². The smallest absolute Gasteiger partial charge is 0.378 e. The maximum Gasteiger partial charge on any atom is 0.382 e. The number of nitrogens with zero attached hydrogens (tertiary/aromatic N) is 4. The Morgan fingerprint density at radius 3 is 2.33 bits per heavy atom. The predicted molar refractivity (Wildman–Crippen MR) is 153 cm³/mol. The lowest BCUT2D eigenvalue weighted by atomic mass is 9.72. The highest BCUT2D eigenvalue weighted by Crippen LogP contribution is 2.40. The molecule has 39 heavy (non-hydrogen) atoms. The fraction of sp³-hybridized carbons (Fsp3) is 0.406. The fourth-order valence-electron chi connectivity index (χ4n) is 5.32. The van der Waals surface area contributed by atoms with E-state index < -0.39 is 11.6 Å². The standard InChI is InChI=1S/C32H38N4O3/c1-7-31(38,8-2)21-20-24-16-17-25(22-23(24)6)32(9-3,10-4)29-19-18-28(35(29)11-5)30(37)39-36-27-15-13-12-14-26(27)33-34-36/h12-19,22,38H,7-11H2,1-6H3. The second-order valence-electron chi connectivity index (χ2n) is 9.99. The van der Waals surface area contributed by atoms with Gasteiger partial charge >= 0.3 is 5.97 Å². The third-order valence-electron chi connectivity index (χ3n) is 8.07. The van der Waals surface area contributed by atoms with Crippen molar-refractivity contribution in [2.24, 2.45) is 0 Å². The first-order valence-electron chi connectivity index (χ1n) is 13.9. The number of para-hydroxylation sites is 1. The molecule has 0 bridgehead atoms. The highest BCUT2D eigenvalue weighted by atomic mass is 16.7. The first kappa shape index (κ1) is 28.1. The van der Waals surface area contributed by atoms with Crippen LogP contribution in [0.1, 0.15) is 93.2 Å². The van der Waals surface area contributed by atoms with E-state index in [1.807, 2.05) is 67.8 Å². The molecule has 4 aromatic rings. The van der Waals surface area contributed by atoms with Crippen LogP contribution in [0.15, 0.2) is 54.6 Å². The van der Waals surface area contributed by atoms with E-state index in [1.165, 1.54) is 10.4 Å². The van der Waals surface area contributed by atoms with E-state index in [1.54, 1.807) is 0 Å². The molecule has 0 spiro atoms.